The van der Waals surface area contributed by atoms with Gasteiger partial charge in [0.2, 0.25) is 5.91 Å². The molecular weight excluding hydrogens is 360 g/mol. The minimum absolute atomic E-state index is 0.233. The van der Waals surface area contributed by atoms with Crippen molar-refractivity contribution in [1.82, 2.24) is 9.88 Å². The van der Waals surface area contributed by atoms with Crippen molar-refractivity contribution in [3.63, 3.8) is 0 Å². The lowest BCUT2D eigenvalue weighted by molar-refractivity contribution is -0.131. The average molecular weight is 380 g/mol. The Hall–Kier alpha value is -3.19. The first kappa shape index (κ1) is 18.2. The molecule has 3 atom stereocenters. The average Bonchev–Trinajstić information content (AvgIpc) is 3.19. The Balaban J connectivity index is 1.49. The largest absolute Gasteiger partial charge is 0.441 e. The number of rotatable bonds is 4. The third-order valence-electron chi connectivity index (χ3n) is 4.94. The number of ether oxygens (including phenoxy) is 1. The number of aliphatic hydroxyl groups excluding tert-OH is 1. The van der Waals surface area contributed by atoms with E-state index in [9.17, 15) is 14.7 Å². The minimum Gasteiger partial charge on any atom is -0.441 e. The third-order valence-corrected chi connectivity index (χ3v) is 4.94. The topological polar surface area (TPSA) is 92.9 Å². The van der Waals surface area contributed by atoms with Gasteiger partial charge < -0.3 is 14.3 Å². The summed E-state index contributed by atoms with van der Waals surface area (Å²) in [6.45, 7) is 3.50. The Labute approximate surface area is 161 Å². The van der Waals surface area contributed by atoms with Crippen LogP contribution in [-0.4, -0.2) is 33.0 Å². The monoisotopic (exact) mass is 380 g/mol. The number of aryl methyl sites for hydroxylation is 1. The number of amides is 2. The van der Waals surface area contributed by atoms with Gasteiger partial charge in [0.05, 0.1) is 18.6 Å². The van der Waals surface area contributed by atoms with Crippen LogP contribution >= 0.6 is 0 Å². The van der Waals surface area contributed by atoms with Gasteiger partial charge in [-0.2, -0.15) is 0 Å². The molecule has 7 heteroatoms. The second-order valence-corrected chi connectivity index (χ2v) is 6.90. The normalized spacial score (nSPS) is 20.4. The number of aromatic nitrogens is 1. The van der Waals surface area contributed by atoms with Crippen LogP contribution < -0.4 is 0 Å². The van der Waals surface area contributed by atoms with E-state index in [1.807, 2.05) is 30.3 Å². The molecule has 1 aliphatic heterocycles. The number of cyclic esters (lactones) is 1. The number of aliphatic hydroxyl groups is 1. The zero-order valence-corrected chi connectivity index (χ0v) is 15.5. The maximum atomic E-state index is 12.7. The summed E-state index contributed by atoms with van der Waals surface area (Å²) in [5.74, 6) is 0.0400. The quantitative estimate of drug-likeness (QED) is 0.742. The number of nitrogens with zero attached hydrogens (tertiary/aromatic N) is 2. The number of imide groups is 1. The van der Waals surface area contributed by atoms with Gasteiger partial charge in [-0.3, -0.25) is 4.79 Å². The first-order valence-corrected chi connectivity index (χ1v) is 9.07. The highest BCUT2D eigenvalue weighted by Crippen LogP contribution is 2.33. The van der Waals surface area contributed by atoms with E-state index in [1.54, 1.807) is 32.0 Å². The van der Waals surface area contributed by atoms with Gasteiger partial charge in [0.1, 0.15) is 11.6 Å². The van der Waals surface area contributed by atoms with Crippen molar-refractivity contribution >= 4 is 23.1 Å². The molecule has 144 valence electrons. The summed E-state index contributed by atoms with van der Waals surface area (Å²) in [5, 5.41) is 10.5. The third kappa shape index (κ3) is 3.25. The number of hydrogen-bond acceptors (Lipinski definition) is 6. The molecular formula is C21H20N2O5. The van der Waals surface area contributed by atoms with Gasteiger partial charge in [0.25, 0.3) is 0 Å². The molecule has 4 rings (SSSR count). The number of benzene rings is 2. The molecule has 3 aromatic rings. The maximum absolute atomic E-state index is 12.7. The first-order valence-electron chi connectivity index (χ1n) is 9.07. The second kappa shape index (κ2) is 7.09. The predicted octanol–water partition coefficient (Wildman–Crippen LogP) is 3.67. The van der Waals surface area contributed by atoms with Crippen LogP contribution in [0.4, 0.5) is 4.79 Å². The zero-order valence-electron chi connectivity index (χ0n) is 15.5. The van der Waals surface area contributed by atoms with Gasteiger partial charge in [0.15, 0.2) is 11.5 Å². The van der Waals surface area contributed by atoms with E-state index in [4.69, 9.17) is 9.15 Å². The minimum atomic E-state index is -1.07. The van der Waals surface area contributed by atoms with Crippen LogP contribution in [0.25, 0.3) is 11.1 Å². The van der Waals surface area contributed by atoms with E-state index in [0.29, 0.717) is 22.6 Å². The van der Waals surface area contributed by atoms with E-state index < -0.39 is 30.3 Å². The Morgan fingerprint density at radius 3 is 2.75 bits per heavy atom. The molecule has 2 heterocycles. The maximum Gasteiger partial charge on any atom is 0.417 e. The van der Waals surface area contributed by atoms with Crippen molar-refractivity contribution in [2.24, 2.45) is 0 Å². The fourth-order valence-electron chi connectivity index (χ4n) is 3.53. The van der Waals surface area contributed by atoms with Crippen molar-refractivity contribution < 1.29 is 23.8 Å². The lowest BCUT2D eigenvalue weighted by Gasteiger charge is -2.20. The summed E-state index contributed by atoms with van der Waals surface area (Å²) >= 11 is 0. The molecule has 0 unspecified atom stereocenters. The number of carbonyl (C=O) groups is 2. The summed E-state index contributed by atoms with van der Waals surface area (Å²) < 4.78 is 10.8. The zero-order chi connectivity index (χ0) is 19.8. The van der Waals surface area contributed by atoms with E-state index in [-0.39, 0.29) is 6.42 Å². The molecule has 1 aliphatic rings. The van der Waals surface area contributed by atoms with Gasteiger partial charge in [-0.1, -0.05) is 36.4 Å². The van der Waals surface area contributed by atoms with Gasteiger partial charge in [-0.15, -0.1) is 0 Å². The van der Waals surface area contributed by atoms with Crippen molar-refractivity contribution in [2.75, 3.05) is 0 Å². The van der Waals surface area contributed by atoms with Crippen LogP contribution in [0.15, 0.2) is 52.9 Å². The molecule has 0 aliphatic carbocycles. The van der Waals surface area contributed by atoms with Gasteiger partial charge in [-0.25, -0.2) is 14.7 Å². The van der Waals surface area contributed by atoms with Crippen LogP contribution in [0.3, 0.4) is 0 Å². The molecule has 0 saturated carbocycles. The fourth-order valence-corrected chi connectivity index (χ4v) is 3.53. The Morgan fingerprint density at radius 2 is 2.00 bits per heavy atom. The van der Waals surface area contributed by atoms with E-state index in [1.165, 1.54) is 0 Å². The van der Waals surface area contributed by atoms with E-state index >= 15 is 0 Å². The molecule has 1 aromatic heterocycles. The summed E-state index contributed by atoms with van der Waals surface area (Å²) in [4.78, 5) is 30.3. The second-order valence-electron chi connectivity index (χ2n) is 6.90. The Bertz CT molecular complexity index is 1030. The van der Waals surface area contributed by atoms with E-state index in [0.717, 1.165) is 10.5 Å². The summed E-state index contributed by atoms with van der Waals surface area (Å²) in [6.07, 6.45) is -2.52. The SMILES string of the molecule is Cc1nc2cc([C@@H](O)CC(=O)N3C(=O)O[C@H](c4ccccc4)[C@@H]3C)ccc2o1. The van der Waals surface area contributed by atoms with Crippen LogP contribution in [0.5, 0.6) is 0 Å². The number of fused-ring (bicyclic) bond motifs is 1. The summed E-state index contributed by atoms with van der Waals surface area (Å²) in [5.41, 5.74) is 2.59. The van der Waals surface area contributed by atoms with Crippen molar-refractivity contribution in [3.8, 4) is 0 Å². The van der Waals surface area contributed by atoms with Crippen molar-refractivity contribution in [3.05, 3.63) is 65.5 Å². The highest BCUT2D eigenvalue weighted by atomic mass is 16.6. The number of oxazole rings is 1. The molecule has 2 amide bonds. The predicted molar refractivity (Wildman–Crippen MR) is 100 cm³/mol. The first-order chi connectivity index (χ1) is 13.4. The fraction of sp³-hybridized carbons (Fsp3) is 0.286. The van der Waals surface area contributed by atoms with Gasteiger partial charge in [-0.05, 0) is 30.2 Å². The molecule has 0 bridgehead atoms. The highest BCUT2D eigenvalue weighted by Gasteiger charge is 2.43. The van der Waals surface area contributed by atoms with Crippen molar-refractivity contribution in [2.45, 2.75) is 38.5 Å². The van der Waals surface area contributed by atoms with Crippen molar-refractivity contribution in [1.29, 1.82) is 0 Å². The standard InChI is InChI=1S/C21H20N2O5/c1-12-20(14-6-4-3-5-7-14)28-21(26)23(12)19(25)11-17(24)15-8-9-18-16(10-15)22-13(2)27-18/h3-10,12,17,20,24H,11H2,1-2H3/t12-,17-,20-/m0/s1. The summed E-state index contributed by atoms with van der Waals surface area (Å²) in [7, 11) is 0. The molecule has 1 fully saturated rings. The molecule has 7 nitrogen and oxygen atoms in total. The lowest BCUT2D eigenvalue weighted by Crippen LogP contribution is -2.38. The van der Waals surface area contributed by atoms with Crippen LogP contribution in [0, 0.1) is 6.92 Å². The Morgan fingerprint density at radius 1 is 1.25 bits per heavy atom. The molecule has 2 aromatic carbocycles. The molecule has 1 N–H and O–H groups in total. The lowest BCUT2D eigenvalue weighted by atomic mass is 10.0. The van der Waals surface area contributed by atoms with Crippen LogP contribution in [0.1, 0.15) is 42.6 Å². The molecule has 0 radical (unpaired) electrons. The number of hydrogen-bond donors (Lipinski definition) is 1. The number of carbonyl (C=O) groups excluding carboxylic acids is 2. The molecule has 28 heavy (non-hydrogen) atoms. The van der Waals surface area contributed by atoms with E-state index in [2.05, 4.69) is 4.98 Å². The van der Waals surface area contributed by atoms with Crippen LogP contribution in [0.2, 0.25) is 0 Å². The molecule has 0 spiro atoms. The van der Waals surface area contributed by atoms with Gasteiger partial charge in [0, 0.05) is 6.92 Å². The summed E-state index contributed by atoms with van der Waals surface area (Å²) in [6, 6.07) is 13.9. The smallest absolute Gasteiger partial charge is 0.417 e. The highest BCUT2D eigenvalue weighted by molar-refractivity contribution is 5.94. The van der Waals surface area contributed by atoms with Gasteiger partial charge >= 0.3 is 6.09 Å². The molecule has 1 saturated heterocycles. The Kier molecular flexibility index (Phi) is 4.60. The van der Waals surface area contributed by atoms with Crippen LogP contribution in [-0.2, 0) is 9.53 Å².